The molecule has 0 bridgehead atoms. The maximum Gasteiger partial charge on any atom is 0.110 e. The van der Waals surface area contributed by atoms with Gasteiger partial charge in [0.1, 0.15) is 5.60 Å². The molecule has 2 N–H and O–H groups in total. The average Bonchev–Trinajstić information content (AvgIpc) is 2.70. The van der Waals surface area contributed by atoms with Gasteiger partial charge in [-0.3, -0.25) is 0 Å². The highest BCUT2D eigenvalue weighted by molar-refractivity contribution is 5.26. The number of hydrogen-bond acceptors (Lipinski definition) is 3. The van der Waals surface area contributed by atoms with Gasteiger partial charge >= 0.3 is 0 Å². The number of ether oxygens (including phenoxy) is 2. The monoisotopic (exact) mass is 213 g/mol. The van der Waals surface area contributed by atoms with E-state index >= 15 is 0 Å². The molecule has 1 heterocycles. The number of hydrogen-bond donors (Lipinski definition) is 1. The predicted octanol–water partition coefficient (Wildman–Crippen LogP) is 1.70. The smallest absolute Gasteiger partial charge is 0.110 e. The predicted molar refractivity (Wildman–Crippen MR) is 59.7 cm³/mol. The molecule has 1 aliphatic carbocycles. The molecule has 1 saturated carbocycles. The Morgan fingerprint density at radius 3 is 2.40 bits per heavy atom. The molecule has 3 heteroatoms. The van der Waals surface area contributed by atoms with Crippen molar-refractivity contribution in [3.8, 4) is 0 Å². The van der Waals surface area contributed by atoms with Crippen molar-refractivity contribution in [3.63, 3.8) is 0 Å². The van der Waals surface area contributed by atoms with Crippen molar-refractivity contribution < 1.29 is 9.47 Å². The molecule has 0 spiro atoms. The lowest BCUT2D eigenvalue weighted by molar-refractivity contribution is -0.142. The minimum Gasteiger partial charge on any atom is -0.382 e. The number of methoxy groups -OCH3 is 1. The molecule has 0 aromatic heterocycles. The van der Waals surface area contributed by atoms with E-state index in [1.54, 1.807) is 7.11 Å². The molecular formula is C12H23NO2. The molecule has 2 aliphatic rings. The quantitative estimate of drug-likeness (QED) is 0.776. The third kappa shape index (κ3) is 1.52. The topological polar surface area (TPSA) is 44.5 Å². The Kier molecular flexibility index (Phi) is 2.61. The summed E-state index contributed by atoms with van der Waals surface area (Å²) in [6.07, 6.45) is 4.45. The second kappa shape index (κ2) is 3.44. The van der Waals surface area contributed by atoms with E-state index in [2.05, 4.69) is 13.8 Å². The Balaban J connectivity index is 2.19. The van der Waals surface area contributed by atoms with Crippen LogP contribution in [0.4, 0.5) is 0 Å². The summed E-state index contributed by atoms with van der Waals surface area (Å²) in [5, 5.41) is 0. The SMILES string of the molecule is COCC1(C2(N)CC2(C)C)CCCCO1. The van der Waals surface area contributed by atoms with Gasteiger partial charge in [-0.1, -0.05) is 13.8 Å². The van der Waals surface area contributed by atoms with Gasteiger partial charge in [0.25, 0.3) is 0 Å². The van der Waals surface area contributed by atoms with Crippen molar-refractivity contribution >= 4 is 0 Å². The molecule has 0 aromatic rings. The summed E-state index contributed by atoms with van der Waals surface area (Å²) in [5.41, 5.74) is 6.30. The maximum atomic E-state index is 6.52. The molecule has 2 atom stereocenters. The standard InChI is InChI=1S/C12H23NO2/c1-10(2)8-12(10,13)11(9-14-3)6-4-5-7-15-11/h4-9,13H2,1-3H3. The average molecular weight is 213 g/mol. The van der Waals surface area contributed by atoms with Gasteiger partial charge in [0.05, 0.1) is 12.1 Å². The molecule has 2 rings (SSSR count). The van der Waals surface area contributed by atoms with Crippen LogP contribution in [0.1, 0.15) is 39.5 Å². The highest BCUT2D eigenvalue weighted by atomic mass is 16.5. The van der Waals surface area contributed by atoms with Crippen LogP contribution in [0.5, 0.6) is 0 Å². The van der Waals surface area contributed by atoms with E-state index in [-0.39, 0.29) is 16.6 Å². The van der Waals surface area contributed by atoms with Gasteiger partial charge in [-0.25, -0.2) is 0 Å². The summed E-state index contributed by atoms with van der Waals surface area (Å²) in [6.45, 7) is 5.91. The zero-order chi connectivity index (χ0) is 11.2. The van der Waals surface area contributed by atoms with Crippen molar-refractivity contribution in [2.45, 2.75) is 50.7 Å². The van der Waals surface area contributed by atoms with Gasteiger partial charge in [-0.2, -0.15) is 0 Å². The third-order valence-corrected chi connectivity index (χ3v) is 4.35. The van der Waals surface area contributed by atoms with Crippen LogP contribution in [0.25, 0.3) is 0 Å². The summed E-state index contributed by atoms with van der Waals surface area (Å²) in [7, 11) is 1.73. The van der Waals surface area contributed by atoms with Crippen LogP contribution in [0.3, 0.4) is 0 Å². The highest BCUT2D eigenvalue weighted by Crippen LogP contribution is 2.62. The van der Waals surface area contributed by atoms with Crippen LogP contribution in [0, 0.1) is 5.41 Å². The number of nitrogens with two attached hydrogens (primary N) is 1. The van der Waals surface area contributed by atoms with Crippen LogP contribution in [-0.4, -0.2) is 31.5 Å². The van der Waals surface area contributed by atoms with Crippen molar-refractivity contribution in [3.05, 3.63) is 0 Å². The zero-order valence-corrected chi connectivity index (χ0v) is 10.1. The molecule has 0 amide bonds. The minimum atomic E-state index is -0.233. The van der Waals surface area contributed by atoms with Crippen LogP contribution in [0.2, 0.25) is 0 Å². The van der Waals surface area contributed by atoms with Crippen molar-refractivity contribution in [2.75, 3.05) is 20.3 Å². The lowest BCUT2D eigenvalue weighted by Crippen LogP contribution is -2.59. The summed E-state index contributed by atoms with van der Waals surface area (Å²) >= 11 is 0. The fraction of sp³-hybridized carbons (Fsp3) is 1.00. The lowest BCUT2D eigenvalue weighted by atomic mass is 9.81. The van der Waals surface area contributed by atoms with Crippen molar-refractivity contribution in [1.29, 1.82) is 0 Å². The molecule has 2 fully saturated rings. The number of rotatable bonds is 3. The third-order valence-electron chi connectivity index (χ3n) is 4.35. The van der Waals surface area contributed by atoms with Gasteiger partial charge in [-0.15, -0.1) is 0 Å². The first-order valence-corrected chi connectivity index (χ1v) is 5.89. The van der Waals surface area contributed by atoms with E-state index in [4.69, 9.17) is 15.2 Å². The van der Waals surface area contributed by atoms with Crippen molar-refractivity contribution in [1.82, 2.24) is 0 Å². The van der Waals surface area contributed by atoms with Gasteiger partial charge < -0.3 is 15.2 Å². The largest absolute Gasteiger partial charge is 0.382 e. The molecule has 2 unspecified atom stereocenters. The zero-order valence-electron chi connectivity index (χ0n) is 10.1. The van der Waals surface area contributed by atoms with Crippen molar-refractivity contribution in [2.24, 2.45) is 11.1 Å². The van der Waals surface area contributed by atoms with Crippen LogP contribution < -0.4 is 5.73 Å². The molecule has 3 nitrogen and oxygen atoms in total. The molecule has 88 valence electrons. The van der Waals surface area contributed by atoms with Gasteiger partial charge in [0.15, 0.2) is 0 Å². The van der Waals surface area contributed by atoms with Crippen LogP contribution in [0.15, 0.2) is 0 Å². The normalized spacial score (nSPS) is 44.0. The Morgan fingerprint density at radius 2 is 2.00 bits per heavy atom. The second-order valence-electron chi connectivity index (χ2n) is 5.76. The lowest BCUT2D eigenvalue weighted by Gasteiger charge is -2.43. The molecule has 1 saturated heterocycles. The first-order chi connectivity index (χ1) is 6.97. The minimum absolute atomic E-state index is 0.184. The van der Waals surface area contributed by atoms with Gasteiger partial charge in [-0.05, 0) is 31.1 Å². The van der Waals surface area contributed by atoms with Crippen LogP contribution >= 0.6 is 0 Å². The molecule has 0 radical (unpaired) electrons. The Morgan fingerprint density at radius 1 is 1.33 bits per heavy atom. The first kappa shape index (κ1) is 11.4. The fourth-order valence-corrected chi connectivity index (χ4v) is 3.11. The summed E-state index contributed by atoms with van der Waals surface area (Å²) in [5.74, 6) is 0. The van der Waals surface area contributed by atoms with E-state index in [1.165, 1.54) is 6.42 Å². The van der Waals surface area contributed by atoms with Crippen LogP contribution in [-0.2, 0) is 9.47 Å². The fourth-order valence-electron chi connectivity index (χ4n) is 3.11. The summed E-state index contributed by atoms with van der Waals surface area (Å²) < 4.78 is 11.4. The van der Waals surface area contributed by atoms with E-state index < -0.39 is 0 Å². The van der Waals surface area contributed by atoms with E-state index in [9.17, 15) is 0 Å². The Labute approximate surface area is 92.3 Å². The first-order valence-electron chi connectivity index (χ1n) is 5.89. The molecule has 0 aromatic carbocycles. The Hall–Kier alpha value is -0.120. The maximum absolute atomic E-state index is 6.52. The van der Waals surface area contributed by atoms with E-state index in [0.717, 1.165) is 25.9 Å². The second-order valence-corrected chi connectivity index (χ2v) is 5.76. The van der Waals surface area contributed by atoms with E-state index in [1.807, 2.05) is 0 Å². The molecule has 15 heavy (non-hydrogen) atoms. The van der Waals surface area contributed by atoms with Gasteiger partial charge in [0, 0.05) is 13.7 Å². The van der Waals surface area contributed by atoms with E-state index in [0.29, 0.717) is 6.61 Å². The summed E-state index contributed by atoms with van der Waals surface area (Å²) in [4.78, 5) is 0. The Bertz CT molecular complexity index is 240. The highest BCUT2D eigenvalue weighted by Gasteiger charge is 2.70. The molecule has 1 aliphatic heterocycles. The summed E-state index contributed by atoms with van der Waals surface area (Å²) in [6, 6.07) is 0. The van der Waals surface area contributed by atoms with Gasteiger partial charge in [0.2, 0.25) is 0 Å². The molecular weight excluding hydrogens is 190 g/mol.